The lowest BCUT2D eigenvalue weighted by molar-refractivity contribution is 0.482. The zero-order valence-electron chi connectivity index (χ0n) is 17.8. The number of nitriles is 1. The molecule has 0 radical (unpaired) electrons. The molecule has 4 aromatic carbocycles. The summed E-state index contributed by atoms with van der Waals surface area (Å²) in [6.07, 6.45) is 8.10. The summed E-state index contributed by atoms with van der Waals surface area (Å²) in [5.41, 5.74) is 5.53. The van der Waals surface area contributed by atoms with E-state index in [1.165, 1.54) is 0 Å². The Kier molecular flexibility index (Phi) is 6.76. The molecule has 0 aliphatic carbocycles. The summed E-state index contributed by atoms with van der Waals surface area (Å²) in [7, 11) is 0. The second kappa shape index (κ2) is 10.4. The van der Waals surface area contributed by atoms with Crippen LogP contribution >= 0.6 is 0 Å². The van der Waals surface area contributed by atoms with E-state index >= 15 is 0 Å². The van der Waals surface area contributed by atoms with E-state index in [4.69, 9.17) is 16.6 Å². The first-order valence-corrected chi connectivity index (χ1v) is 10.4. The predicted octanol–water partition coefficient (Wildman–Crippen LogP) is 8.24. The van der Waals surface area contributed by atoms with Gasteiger partial charge in [0.1, 0.15) is 11.5 Å². The highest BCUT2D eigenvalue weighted by molar-refractivity contribution is 5.71. The van der Waals surface area contributed by atoms with Crippen molar-refractivity contribution >= 4 is 30.0 Å². The number of rotatable bonds is 6. The minimum absolute atomic E-state index is 0.643. The molecule has 3 nitrogen and oxygen atoms in total. The Morgan fingerprint density at radius 2 is 0.939 bits per heavy atom. The summed E-state index contributed by atoms with van der Waals surface area (Å²) in [4.78, 5) is 3.41. The van der Waals surface area contributed by atoms with Crippen LogP contribution in [0, 0.1) is 17.9 Å². The summed E-state index contributed by atoms with van der Waals surface area (Å²) >= 11 is 0. The molecule has 156 valence electrons. The number of hydrogen-bond donors (Lipinski definition) is 0. The molecule has 0 aromatic heterocycles. The van der Waals surface area contributed by atoms with Crippen LogP contribution in [-0.2, 0) is 0 Å². The second-order valence-corrected chi connectivity index (χ2v) is 7.34. The predicted molar refractivity (Wildman–Crippen MR) is 135 cm³/mol. The Balaban J connectivity index is 1.34. The van der Waals surface area contributed by atoms with Gasteiger partial charge in [0.05, 0.1) is 18.2 Å². The van der Waals surface area contributed by atoms with Crippen molar-refractivity contribution in [3.63, 3.8) is 0 Å². The van der Waals surface area contributed by atoms with E-state index in [0.717, 1.165) is 33.8 Å². The Morgan fingerprint density at radius 3 is 1.30 bits per heavy atom. The molecule has 0 bridgehead atoms. The van der Waals surface area contributed by atoms with Crippen LogP contribution in [0.5, 0.6) is 11.5 Å². The summed E-state index contributed by atoms with van der Waals surface area (Å²) < 4.78 is 5.96. The van der Waals surface area contributed by atoms with Crippen LogP contribution in [0.3, 0.4) is 0 Å². The lowest BCUT2D eigenvalue weighted by Crippen LogP contribution is -1.84. The van der Waals surface area contributed by atoms with Gasteiger partial charge in [-0.05, 0) is 58.7 Å². The van der Waals surface area contributed by atoms with E-state index in [9.17, 15) is 0 Å². The van der Waals surface area contributed by atoms with Crippen molar-refractivity contribution in [1.29, 1.82) is 5.26 Å². The van der Waals surface area contributed by atoms with E-state index in [-0.39, 0.29) is 0 Å². The van der Waals surface area contributed by atoms with Crippen LogP contribution in [0.15, 0.2) is 97.1 Å². The molecule has 4 aromatic rings. The Labute approximate surface area is 194 Å². The highest BCUT2D eigenvalue weighted by Crippen LogP contribution is 2.23. The van der Waals surface area contributed by atoms with E-state index in [2.05, 4.69) is 10.9 Å². The molecule has 0 N–H and O–H groups in total. The van der Waals surface area contributed by atoms with Crippen LogP contribution in [0.4, 0.5) is 5.69 Å². The lowest BCUT2D eigenvalue weighted by atomic mass is 10.1. The molecule has 4 rings (SSSR count). The topological polar surface area (TPSA) is 37.4 Å². The molecular weight excluding hydrogens is 404 g/mol. The van der Waals surface area contributed by atoms with Gasteiger partial charge in [-0.2, -0.15) is 5.26 Å². The SMILES string of the molecule is [C-]#[N+]c1ccc(/C=C/c2ccc(Oc3ccc(/C=C/c4ccc(C#N)cc4)cc3)cc2)cc1. The molecule has 0 aliphatic rings. The molecule has 0 saturated heterocycles. The summed E-state index contributed by atoms with van der Waals surface area (Å²) in [6, 6.07) is 32.9. The zero-order chi connectivity index (χ0) is 22.9. The molecule has 0 fully saturated rings. The fourth-order valence-corrected chi connectivity index (χ4v) is 3.14. The van der Waals surface area contributed by atoms with E-state index < -0.39 is 0 Å². The van der Waals surface area contributed by atoms with Crippen molar-refractivity contribution in [2.24, 2.45) is 0 Å². The summed E-state index contributed by atoms with van der Waals surface area (Å²) in [6.45, 7) is 7.01. The first-order chi connectivity index (χ1) is 16.2. The van der Waals surface area contributed by atoms with E-state index in [0.29, 0.717) is 11.3 Å². The van der Waals surface area contributed by atoms with Gasteiger partial charge in [-0.1, -0.05) is 85.0 Å². The van der Waals surface area contributed by atoms with Gasteiger partial charge in [-0.25, -0.2) is 4.85 Å². The van der Waals surface area contributed by atoms with Gasteiger partial charge >= 0.3 is 0 Å². The van der Waals surface area contributed by atoms with Crippen molar-refractivity contribution < 1.29 is 4.74 Å². The largest absolute Gasteiger partial charge is 0.457 e. The minimum Gasteiger partial charge on any atom is -0.457 e. The highest BCUT2D eigenvalue weighted by atomic mass is 16.5. The molecule has 0 amide bonds. The van der Waals surface area contributed by atoms with Gasteiger partial charge in [-0.15, -0.1) is 0 Å². The number of ether oxygens (including phenoxy) is 1. The van der Waals surface area contributed by atoms with Crippen molar-refractivity contribution in [3.8, 4) is 17.6 Å². The first-order valence-electron chi connectivity index (χ1n) is 10.4. The standard InChI is InChI=1S/C30H20N2O/c1-32-28-16-10-24(11-17-28)3-5-26-14-20-30(21-15-26)33-29-18-12-25(13-19-29)4-2-23-6-8-27(22-31)9-7-23/h2-21H/b4-2+,5-3+. The van der Waals surface area contributed by atoms with Gasteiger partial charge in [0.2, 0.25) is 0 Å². The highest BCUT2D eigenvalue weighted by Gasteiger charge is 1.98. The monoisotopic (exact) mass is 424 g/mol. The molecule has 0 aliphatic heterocycles. The van der Waals surface area contributed by atoms with Gasteiger partial charge < -0.3 is 4.74 Å². The third-order valence-electron chi connectivity index (χ3n) is 4.99. The quantitative estimate of drug-likeness (QED) is 0.231. The van der Waals surface area contributed by atoms with Crippen LogP contribution in [-0.4, -0.2) is 0 Å². The third-order valence-corrected chi connectivity index (χ3v) is 4.99. The number of hydrogen-bond acceptors (Lipinski definition) is 2. The van der Waals surface area contributed by atoms with E-state index in [1.54, 1.807) is 0 Å². The molecular formula is C30H20N2O. The molecule has 0 atom stereocenters. The lowest BCUT2D eigenvalue weighted by Gasteiger charge is -2.06. The Morgan fingerprint density at radius 1 is 0.576 bits per heavy atom. The van der Waals surface area contributed by atoms with Crippen LogP contribution in [0.25, 0.3) is 29.1 Å². The summed E-state index contributed by atoms with van der Waals surface area (Å²) in [5, 5.41) is 8.87. The fraction of sp³-hybridized carbons (Fsp3) is 0. The molecule has 0 unspecified atom stereocenters. The van der Waals surface area contributed by atoms with Crippen molar-refractivity contribution in [1.82, 2.24) is 0 Å². The Bertz CT molecular complexity index is 1240. The average molecular weight is 425 g/mol. The second-order valence-electron chi connectivity index (χ2n) is 7.34. The van der Waals surface area contributed by atoms with E-state index in [1.807, 2.05) is 121 Å². The van der Waals surface area contributed by atoms with Crippen molar-refractivity contribution in [3.05, 3.63) is 136 Å². The number of benzene rings is 4. The normalized spacial score (nSPS) is 10.7. The molecule has 0 heterocycles. The summed E-state index contributed by atoms with van der Waals surface area (Å²) in [5.74, 6) is 1.54. The molecule has 3 heteroatoms. The van der Waals surface area contributed by atoms with Crippen LogP contribution in [0.1, 0.15) is 27.8 Å². The smallest absolute Gasteiger partial charge is 0.187 e. The third kappa shape index (κ3) is 6.07. The van der Waals surface area contributed by atoms with Crippen molar-refractivity contribution in [2.45, 2.75) is 0 Å². The first kappa shape index (κ1) is 21.4. The van der Waals surface area contributed by atoms with Crippen molar-refractivity contribution in [2.75, 3.05) is 0 Å². The van der Waals surface area contributed by atoms with Gasteiger partial charge in [0.15, 0.2) is 5.69 Å². The molecule has 0 saturated carbocycles. The van der Waals surface area contributed by atoms with Gasteiger partial charge in [0.25, 0.3) is 0 Å². The molecule has 33 heavy (non-hydrogen) atoms. The maximum atomic E-state index is 8.87. The maximum Gasteiger partial charge on any atom is 0.187 e. The van der Waals surface area contributed by atoms with Gasteiger partial charge in [-0.3, -0.25) is 0 Å². The van der Waals surface area contributed by atoms with Gasteiger partial charge in [0, 0.05) is 0 Å². The van der Waals surface area contributed by atoms with Crippen LogP contribution in [0.2, 0.25) is 0 Å². The minimum atomic E-state index is 0.643. The maximum absolute atomic E-state index is 8.87. The average Bonchev–Trinajstić information content (AvgIpc) is 2.88. The van der Waals surface area contributed by atoms with Crippen LogP contribution < -0.4 is 4.74 Å². The number of nitrogens with zero attached hydrogens (tertiary/aromatic N) is 2. The zero-order valence-corrected chi connectivity index (χ0v) is 17.8. The Hall–Kier alpha value is -4.86. The fourth-order valence-electron chi connectivity index (χ4n) is 3.14. The molecule has 0 spiro atoms.